The highest BCUT2D eigenvalue weighted by Crippen LogP contribution is 2.28. The number of amides is 1. The number of carbonyl (C=O) groups excluding carboxylic acids is 4. The maximum absolute atomic E-state index is 12.1. The summed E-state index contributed by atoms with van der Waals surface area (Å²) in [5, 5.41) is 2.45. The number of ether oxygens (including phenoxy) is 5. The number of esters is 3. The Bertz CT molecular complexity index is 625. The lowest BCUT2D eigenvalue weighted by Crippen LogP contribution is -2.65. The average Bonchev–Trinajstić information content (AvgIpc) is 2.55. The molecule has 0 aromatic heterocycles. The van der Waals surface area contributed by atoms with Crippen LogP contribution in [0.25, 0.3) is 0 Å². The van der Waals surface area contributed by atoms with E-state index in [4.69, 9.17) is 58.5 Å². The number of hydrogen-bond donors (Lipinski definition) is 1. The first-order valence-electron chi connectivity index (χ1n) is 8.43. The Hall–Kier alpha value is -1.49. The third-order valence-electron chi connectivity index (χ3n) is 3.65. The summed E-state index contributed by atoms with van der Waals surface area (Å²) in [6.07, 6.45) is -5.02. The molecule has 1 aliphatic heterocycles. The molecule has 0 saturated carbocycles. The summed E-state index contributed by atoms with van der Waals surface area (Å²) in [6.45, 7) is 4.25. The lowest BCUT2D eigenvalue weighted by molar-refractivity contribution is -0.220. The molecule has 1 rings (SSSR count). The second-order valence-corrected chi connectivity index (χ2v) is 8.71. The molecule has 29 heavy (non-hydrogen) atoms. The molecule has 1 N–H and O–H groups in total. The minimum atomic E-state index is -1.82. The van der Waals surface area contributed by atoms with Crippen molar-refractivity contribution in [1.82, 2.24) is 5.32 Å². The monoisotopic (exact) mass is 477 g/mol. The van der Waals surface area contributed by atoms with Crippen LogP contribution in [-0.2, 0) is 38.1 Å². The Morgan fingerprint density at radius 2 is 1.48 bits per heavy atom. The molecule has 0 bridgehead atoms. The van der Waals surface area contributed by atoms with E-state index in [9.17, 15) is 19.2 Å². The van der Waals surface area contributed by atoms with Crippen LogP contribution >= 0.6 is 34.8 Å². The first-order chi connectivity index (χ1) is 13.3. The van der Waals surface area contributed by atoms with Gasteiger partial charge in [0.15, 0.2) is 12.2 Å². The van der Waals surface area contributed by atoms with Crippen LogP contribution in [0.4, 0.5) is 4.79 Å². The summed E-state index contributed by atoms with van der Waals surface area (Å²) in [5.74, 6) is -1.98. The summed E-state index contributed by atoms with van der Waals surface area (Å²) < 4.78 is 24.2. The van der Waals surface area contributed by atoms with E-state index in [2.05, 4.69) is 5.32 Å². The molecule has 1 heterocycles. The highest BCUT2D eigenvalue weighted by molar-refractivity contribution is 6.67. The van der Waals surface area contributed by atoms with Crippen molar-refractivity contribution in [2.24, 2.45) is 0 Å². The molecule has 0 radical (unpaired) electrons. The van der Waals surface area contributed by atoms with E-state index >= 15 is 0 Å². The lowest BCUT2D eigenvalue weighted by Gasteiger charge is -2.44. The van der Waals surface area contributed by atoms with Crippen molar-refractivity contribution in [2.45, 2.75) is 61.9 Å². The van der Waals surface area contributed by atoms with Gasteiger partial charge in [-0.2, -0.15) is 0 Å². The molecule has 5 atom stereocenters. The van der Waals surface area contributed by atoms with E-state index in [0.717, 1.165) is 13.8 Å². The van der Waals surface area contributed by atoms with Gasteiger partial charge in [-0.1, -0.05) is 34.8 Å². The average molecular weight is 479 g/mol. The van der Waals surface area contributed by atoms with Gasteiger partial charge in [0.2, 0.25) is 3.79 Å². The zero-order chi connectivity index (χ0) is 22.4. The van der Waals surface area contributed by atoms with Crippen LogP contribution in [0.15, 0.2) is 0 Å². The van der Waals surface area contributed by atoms with Crippen molar-refractivity contribution in [3.63, 3.8) is 0 Å². The SMILES string of the molecule is CC(=O)OCC1O[C@@H](C)C(NC(=O)OCC(Cl)(Cl)Cl)[C@@H](OC(C)=O)[C@@H]1OC(C)=O. The predicted octanol–water partition coefficient (Wildman–Crippen LogP) is 1.67. The van der Waals surface area contributed by atoms with Crippen LogP contribution in [0, 0.1) is 0 Å². The van der Waals surface area contributed by atoms with Crippen LogP contribution in [0.2, 0.25) is 0 Å². The zero-order valence-corrected chi connectivity index (χ0v) is 18.4. The molecule has 2 unspecified atom stereocenters. The largest absolute Gasteiger partial charge is 0.463 e. The molecule has 0 aliphatic carbocycles. The van der Waals surface area contributed by atoms with Gasteiger partial charge in [0.25, 0.3) is 0 Å². The first kappa shape index (κ1) is 25.5. The second-order valence-electron chi connectivity index (χ2n) is 6.19. The summed E-state index contributed by atoms with van der Waals surface area (Å²) >= 11 is 16.6. The molecule has 1 aliphatic rings. The number of alkyl carbamates (subject to hydrolysis) is 1. The quantitative estimate of drug-likeness (QED) is 0.344. The van der Waals surface area contributed by atoms with Crippen LogP contribution in [0.1, 0.15) is 27.7 Å². The zero-order valence-electron chi connectivity index (χ0n) is 16.1. The normalized spacial score (nSPS) is 26.8. The van der Waals surface area contributed by atoms with E-state index in [1.165, 1.54) is 6.92 Å². The fourth-order valence-electron chi connectivity index (χ4n) is 2.65. The molecule has 0 spiro atoms. The van der Waals surface area contributed by atoms with Crippen molar-refractivity contribution < 1.29 is 42.9 Å². The maximum Gasteiger partial charge on any atom is 0.407 e. The summed E-state index contributed by atoms with van der Waals surface area (Å²) in [7, 11) is 0. The topological polar surface area (TPSA) is 126 Å². The number of halogens is 3. The highest BCUT2D eigenvalue weighted by Gasteiger charge is 2.49. The van der Waals surface area contributed by atoms with E-state index < -0.39 is 64.9 Å². The van der Waals surface area contributed by atoms with Crippen LogP contribution in [0.5, 0.6) is 0 Å². The van der Waals surface area contributed by atoms with E-state index in [1.54, 1.807) is 6.92 Å². The summed E-state index contributed by atoms with van der Waals surface area (Å²) in [5.41, 5.74) is 0. The molecule has 13 heteroatoms. The van der Waals surface area contributed by atoms with Crippen LogP contribution in [-0.4, -0.2) is 71.5 Å². The number of alkyl halides is 3. The highest BCUT2D eigenvalue weighted by atomic mass is 35.6. The first-order valence-corrected chi connectivity index (χ1v) is 9.57. The van der Waals surface area contributed by atoms with E-state index in [-0.39, 0.29) is 6.61 Å². The van der Waals surface area contributed by atoms with Gasteiger partial charge in [-0.3, -0.25) is 14.4 Å². The van der Waals surface area contributed by atoms with Gasteiger partial charge in [-0.05, 0) is 6.92 Å². The van der Waals surface area contributed by atoms with Crippen LogP contribution < -0.4 is 5.32 Å². The van der Waals surface area contributed by atoms with Gasteiger partial charge in [-0.25, -0.2) is 4.79 Å². The predicted molar refractivity (Wildman–Crippen MR) is 101 cm³/mol. The molecule has 10 nitrogen and oxygen atoms in total. The number of nitrogens with one attached hydrogen (secondary N) is 1. The summed E-state index contributed by atoms with van der Waals surface area (Å²) in [6, 6.07) is -0.986. The Labute approximate surface area is 182 Å². The van der Waals surface area contributed by atoms with Crippen molar-refractivity contribution in [1.29, 1.82) is 0 Å². The second kappa shape index (κ2) is 11.1. The minimum absolute atomic E-state index is 0.264. The molecular formula is C16H22Cl3NO9. The number of rotatable bonds is 6. The molecule has 0 aromatic rings. The molecular weight excluding hydrogens is 457 g/mol. The third kappa shape index (κ3) is 9.24. The van der Waals surface area contributed by atoms with Gasteiger partial charge >= 0.3 is 24.0 Å². The van der Waals surface area contributed by atoms with Crippen molar-refractivity contribution in [3.05, 3.63) is 0 Å². The molecule has 166 valence electrons. The van der Waals surface area contributed by atoms with E-state index in [0.29, 0.717) is 0 Å². The van der Waals surface area contributed by atoms with Crippen molar-refractivity contribution in [3.8, 4) is 0 Å². The smallest absolute Gasteiger partial charge is 0.407 e. The van der Waals surface area contributed by atoms with Crippen LogP contribution in [0.3, 0.4) is 0 Å². The minimum Gasteiger partial charge on any atom is -0.463 e. The fraction of sp³-hybridized carbons (Fsp3) is 0.750. The van der Waals surface area contributed by atoms with E-state index in [1.807, 2.05) is 0 Å². The molecule has 1 fully saturated rings. The lowest BCUT2D eigenvalue weighted by atomic mass is 9.93. The number of carbonyl (C=O) groups is 4. The molecule has 1 saturated heterocycles. The Balaban J connectivity index is 3.06. The molecule has 0 aromatic carbocycles. The van der Waals surface area contributed by atoms with Gasteiger partial charge in [0.1, 0.15) is 19.3 Å². The number of hydrogen-bond acceptors (Lipinski definition) is 9. The summed E-state index contributed by atoms with van der Waals surface area (Å²) in [4.78, 5) is 46.4. The third-order valence-corrected chi connectivity index (χ3v) is 3.97. The maximum atomic E-state index is 12.1. The van der Waals surface area contributed by atoms with Crippen molar-refractivity contribution >= 4 is 58.8 Å². The molecule has 1 amide bonds. The van der Waals surface area contributed by atoms with Gasteiger partial charge in [0.05, 0.1) is 12.1 Å². The van der Waals surface area contributed by atoms with Crippen molar-refractivity contribution in [2.75, 3.05) is 13.2 Å². The van der Waals surface area contributed by atoms with Gasteiger partial charge in [-0.15, -0.1) is 0 Å². The van der Waals surface area contributed by atoms with Gasteiger partial charge < -0.3 is 29.0 Å². The standard InChI is InChI=1S/C16H22Cl3NO9/c1-7-12(20-15(24)26-6-16(17,18)19)14(29-10(4)23)13(28-9(3)22)11(27-7)5-25-8(2)21/h7,11-14H,5-6H2,1-4H3,(H,20,24)/t7-,11?,12?,13+,14+/m0/s1. The van der Waals surface area contributed by atoms with Gasteiger partial charge in [0, 0.05) is 20.8 Å². The fourth-order valence-corrected chi connectivity index (χ4v) is 2.81. The Kier molecular flexibility index (Phi) is 9.74. The Morgan fingerprint density at radius 1 is 0.931 bits per heavy atom. The Morgan fingerprint density at radius 3 is 1.97 bits per heavy atom.